The molecule has 6 heteroatoms. The lowest BCUT2D eigenvalue weighted by Crippen LogP contribution is -2.43. The van der Waals surface area contributed by atoms with Gasteiger partial charge in [0.15, 0.2) is 5.78 Å². The highest BCUT2D eigenvalue weighted by atomic mass is 32.1. The van der Waals surface area contributed by atoms with Crippen LogP contribution < -0.4 is 0 Å². The van der Waals surface area contributed by atoms with Gasteiger partial charge in [0.05, 0.1) is 11.8 Å². The Morgan fingerprint density at radius 1 is 1.34 bits per heavy atom. The molecule has 1 aliphatic heterocycles. The summed E-state index contributed by atoms with van der Waals surface area (Å²) in [6, 6.07) is 3.48. The van der Waals surface area contributed by atoms with Crippen molar-refractivity contribution in [2.45, 2.75) is 58.7 Å². The zero-order valence-electron chi connectivity index (χ0n) is 17.0. The van der Waals surface area contributed by atoms with Crippen molar-refractivity contribution in [3.63, 3.8) is 0 Å². The van der Waals surface area contributed by atoms with Crippen LogP contribution in [-0.4, -0.2) is 29.9 Å². The predicted octanol–water partition coefficient (Wildman–Crippen LogP) is 4.80. The van der Waals surface area contributed by atoms with E-state index < -0.39 is 29.6 Å². The number of carbonyl (C=O) groups is 3. The third-order valence-electron chi connectivity index (χ3n) is 5.29. The minimum Gasteiger partial charge on any atom is -0.457 e. The van der Waals surface area contributed by atoms with Crippen LogP contribution in [-0.2, 0) is 19.1 Å². The molecule has 2 aliphatic rings. The lowest BCUT2D eigenvalue weighted by atomic mass is 9.69. The monoisotopic (exact) mass is 414 g/mol. The fourth-order valence-corrected chi connectivity index (χ4v) is 4.36. The molecular formula is C23H26O5S. The first kappa shape index (κ1) is 21.2. The molecule has 0 bridgehead atoms. The van der Waals surface area contributed by atoms with E-state index in [1.54, 1.807) is 23.6 Å². The van der Waals surface area contributed by atoms with Gasteiger partial charge in [0.1, 0.15) is 17.1 Å². The van der Waals surface area contributed by atoms with Crippen LogP contribution in [0.4, 0.5) is 0 Å². The van der Waals surface area contributed by atoms with Gasteiger partial charge in [-0.15, -0.1) is 11.3 Å². The van der Waals surface area contributed by atoms with Crippen LogP contribution in [0.3, 0.4) is 0 Å². The number of hydrogen-bond donors (Lipinski definition) is 0. The number of ketones is 1. The van der Waals surface area contributed by atoms with E-state index >= 15 is 0 Å². The summed E-state index contributed by atoms with van der Waals surface area (Å²) in [5, 5.41) is 1.81. The highest BCUT2D eigenvalue weighted by Crippen LogP contribution is 2.45. The predicted molar refractivity (Wildman–Crippen MR) is 112 cm³/mol. The van der Waals surface area contributed by atoms with E-state index in [2.05, 4.69) is 19.9 Å². The van der Waals surface area contributed by atoms with E-state index in [0.717, 1.165) is 18.4 Å². The van der Waals surface area contributed by atoms with E-state index in [-0.39, 0.29) is 18.6 Å². The molecule has 5 nitrogen and oxygen atoms in total. The van der Waals surface area contributed by atoms with E-state index in [1.165, 1.54) is 23.0 Å². The summed E-state index contributed by atoms with van der Waals surface area (Å²) in [7, 11) is 0. The molecule has 3 atom stereocenters. The molecule has 0 N–H and O–H groups in total. The van der Waals surface area contributed by atoms with Crippen LogP contribution in [0.1, 0.15) is 56.1 Å². The van der Waals surface area contributed by atoms with Crippen molar-refractivity contribution in [3.05, 3.63) is 57.8 Å². The summed E-state index contributed by atoms with van der Waals surface area (Å²) in [5.74, 6) is -0.963. The molecule has 154 valence electrons. The molecule has 1 aromatic rings. The van der Waals surface area contributed by atoms with Crippen LogP contribution in [0, 0.1) is 5.41 Å². The zero-order valence-corrected chi connectivity index (χ0v) is 17.8. The Labute approximate surface area is 175 Å². The van der Waals surface area contributed by atoms with Crippen LogP contribution in [0.15, 0.2) is 53.0 Å². The summed E-state index contributed by atoms with van der Waals surface area (Å²) in [6.45, 7) is 6.09. The highest BCUT2D eigenvalue weighted by Gasteiger charge is 2.55. The van der Waals surface area contributed by atoms with Crippen molar-refractivity contribution >= 4 is 29.1 Å². The number of allylic oxidation sites excluding steroid dienone is 4. The van der Waals surface area contributed by atoms with Gasteiger partial charge in [-0.05, 0) is 63.3 Å². The van der Waals surface area contributed by atoms with E-state index in [1.807, 2.05) is 13.0 Å². The summed E-state index contributed by atoms with van der Waals surface area (Å²) in [6.07, 6.45) is 7.84. The molecule has 1 unspecified atom stereocenters. The quantitative estimate of drug-likeness (QED) is 0.494. The summed E-state index contributed by atoms with van der Waals surface area (Å²) < 4.78 is 11.1. The van der Waals surface area contributed by atoms with Gasteiger partial charge in [-0.1, -0.05) is 23.3 Å². The number of cyclic esters (lactones) is 1. The van der Waals surface area contributed by atoms with E-state index in [0.29, 0.717) is 4.88 Å². The number of hydrogen-bond acceptors (Lipinski definition) is 6. The van der Waals surface area contributed by atoms with Crippen LogP contribution >= 0.6 is 11.3 Å². The van der Waals surface area contributed by atoms with Gasteiger partial charge in [0.25, 0.3) is 0 Å². The molecule has 0 radical (unpaired) electrons. The van der Waals surface area contributed by atoms with Gasteiger partial charge in [0, 0.05) is 6.42 Å². The summed E-state index contributed by atoms with van der Waals surface area (Å²) >= 11 is 1.30. The number of ether oxygens (including phenoxy) is 2. The zero-order chi connectivity index (χ0) is 21.0. The normalized spacial score (nSPS) is 26.5. The molecule has 3 rings (SSSR count). The second-order valence-corrected chi connectivity index (χ2v) is 8.87. The number of thiophene rings is 1. The average Bonchev–Trinajstić information content (AvgIpc) is 3.27. The van der Waals surface area contributed by atoms with Crippen molar-refractivity contribution in [2.75, 3.05) is 0 Å². The molecular weight excluding hydrogens is 388 g/mol. The molecule has 0 saturated carbocycles. The first-order valence-electron chi connectivity index (χ1n) is 9.77. The molecule has 1 aromatic heterocycles. The minimum absolute atomic E-state index is 0.00560. The third-order valence-corrected chi connectivity index (χ3v) is 6.14. The standard InChI is InChI=1S/C23H26O5S/c1-15(2)6-4-7-16(3)12-20-23(14-21(25)28-20)13-17(9-10-19(23)24)27-22(26)18-8-5-11-29-18/h5-6,8-12,17,20H,4,7,13-14H2,1-3H3/b16-12+/t17-,20-,23?/m1/s1. The molecule has 0 aromatic carbocycles. The average molecular weight is 415 g/mol. The van der Waals surface area contributed by atoms with E-state index in [9.17, 15) is 14.4 Å². The SMILES string of the molecule is CC(C)=CCC/C(C)=C/[C@H]1OC(=O)CC12C[C@H](OC(=O)c1cccs1)C=CC2=O. The maximum atomic E-state index is 12.8. The Balaban J connectivity index is 1.76. The molecule has 0 amide bonds. The second kappa shape index (κ2) is 8.91. The van der Waals surface area contributed by atoms with Gasteiger partial charge >= 0.3 is 11.9 Å². The minimum atomic E-state index is -1.01. The molecule has 1 fully saturated rings. The maximum absolute atomic E-state index is 12.8. The van der Waals surface area contributed by atoms with Gasteiger partial charge in [-0.2, -0.15) is 0 Å². The Hall–Kier alpha value is -2.47. The Morgan fingerprint density at radius 3 is 2.83 bits per heavy atom. The molecule has 29 heavy (non-hydrogen) atoms. The highest BCUT2D eigenvalue weighted by molar-refractivity contribution is 7.11. The molecule has 1 aliphatic carbocycles. The van der Waals surface area contributed by atoms with Crippen molar-refractivity contribution in [2.24, 2.45) is 5.41 Å². The number of rotatable bonds is 6. The summed E-state index contributed by atoms with van der Waals surface area (Å²) in [5.41, 5.74) is 1.31. The first-order chi connectivity index (χ1) is 13.8. The fraction of sp³-hybridized carbons (Fsp3) is 0.435. The Morgan fingerprint density at radius 2 is 2.14 bits per heavy atom. The smallest absolute Gasteiger partial charge is 0.348 e. The van der Waals surface area contributed by atoms with Crippen LogP contribution in [0.2, 0.25) is 0 Å². The Bertz CT molecular complexity index is 873. The van der Waals surface area contributed by atoms with Crippen molar-refractivity contribution in [1.29, 1.82) is 0 Å². The number of esters is 2. The van der Waals surface area contributed by atoms with Crippen molar-refractivity contribution in [3.8, 4) is 0 Å². The van der Waals surface area contributed by atoms with Gasteiger partial charge in [-0.3, -0.25) is 9.59 Å². The first-order valence-corrected chi connectivity index (χ1v) is 10.7. The fourth-order valence-electron chi connectivity index (χ4n) is 3.75. The molecule has 2 heterocycles. The van der Waals surface area contributed by atoms with Gasteiger partial charge < -0.3 is 9.47 Å². The lowest BCUT2D eigenvalue weighted by molar-refractivity contribution is -0.140. The second-order valence-electron chi connectivity index (χ2n) is 7.93. The summed E-state index contributed by atoms with van der Waals surface area (Å²) in [4.78, 5) is 37.8. The lowest BCUT2D eigenvalue weighted by Gasteiger charge is -2.34. The third kappa shape index (κ3) is 4.93. The topological polar surface area (TPSA) is 69.7 Å². The van der Waals surface area contributed by atoms with Crippen molar-refractivity contribution in [1.82, 2.24) is 0 Å². The maximum Gasteiger partial charge on any atom is 0.348 e. The van der Waals surface area contributed by atoms with Gasteiger partial charge in [-0.25, -0.2) is 4.79 Å². The van der Waals surface area contributed by atoms with Crippen LogP contribution in [0.5, 0.6) is 0 Å². The van der Waals surface area contributed by atoms with E-state index in [4.69, 9.17) is 9.47 Å². The largest absolute Gasteiger partial charge is 0.457 e. The van der Waals surface area contributed by atoms with Gasteiger partial charge in [0.2, 0.25) is 0 Å². The molecule has 1 saturated heterocycles. The Kier molecular flexibility index (Phi) is 6.52. The van der Waals surface area contributed by atoms with Crippen molar-refractivity contribution < 1.29 is 23.9 Å². The number of carbonyl (C=O) groups excluding carboxylic acids is 3. The molecule has 1 spiro atoms. The van der Waals surface area contributed by atoms with Crippen LogP contribution in [0.25, 0.3) is 0 Å².